The van der Waals surface area contributed by atoms with Gasteiger partial charge < -0.3 is 25.5 Å². The predicted molar refractivity (Wildman–Crippen MR) is 107 cm³/mol. The summed E-state index contributed by atoms with van der Waals surface area (Å²) in [6.07, 6.45) is -5.24. The number of aliphatic hydroxyl groups excluding tert-OH is 5. The van der Waals surface area contributed by atoms with Crippen molar-refractivity contribution in [1.29, 1.82) is 0 Å². The van der Waals surface area contributed by atoms with Crippen LogP contribution in [0, 0.1) is 0 Å². The molecule has 0 saturated heterocycles. The number of carbonyl (C=O) groups excluding carboxylic acids is 1. The van der Waals surface area contributed by atoms with E-state index in [-0.39, 0.29) is 5.78 Å². The SMILES string of the molecule is O=C(c1ccccc1)c1ccc2c(c1)CC(N=CC(O)C(O)C(O)C(O)CO)=N2. The van der Waals surface area contributed by atoms with Crippen LogP contribution in [0.5, 0.6) is 0 Å². The van der Waals surface area contributed by atoms with Crippen LogP contribution in [0.4, 0.5) is 5.69 Å². The third-order valence-electron chi connectivity index (χ3n) is 4.63. The molecule has 0 saturated carbocycles. The molecule has 8 heteroatoms. The largest absolute Gasteiger partial charge is 0.394 e. The fourth-order valence-electron chi connectivity index (χ4n) is 2.95. The molecule has 29 heavy (non-hydrogen) atoms. The molecule has 2 aromatic carbocycles. The van der Waals surface area contributed by atoms with Gasteiger partial charge in [0, 0.05) is 23.8 Å². The molecule has 2 aromatic rings. The molecule has 1 aliphatic rings. The number of aliphatic imine (C=N–C) groups is 2. The third kappa shape index (κ3) is 4.81. The van der Waals surface area contributed by atoms with E-state index in [1.807, 2.05) is 6.07 Å². The van der Waals surface area contributed by atoms with Gasteiger partial charge in [-0.1, -0.05) is 30.3 Å². The fourth-order valence-corrected chi connectivity index (χ4v) is 2.95. The Kier molecular flexibility index (Phi) is 6.63. The quantitative estimate of drug-likeness (QED) is 0.328. The molecular formula is C21H22N2O6. The number of carbonyl (C=O) groups is 1. The number of ketones is 1. The number of rotatable bonds is 7. The average molecular weight is 398 g/mol. The molecule has 0 aromatic heterocycles. The van der Waals surface area contributed by atoms with E-state index in [2.05, 4.69) is 9.98 Å². The number of nitrogens with zero attached hydrogens (tertiary/aromatic N) is 2. The molecule has 1 heterocycles. The Balaban J connectivity index is 1.67. The Hall–Kier alpha value is -2.75. The van der Waals surface area contributed by atoms with Gasteiger partial charge in [0.05, 0.1) is 12.3 Å². The van der Waals surface area contributed by atoms with E-state index < -0.39 is 31.0 Å². The molecule has 0 spiro atoms. The zero-order valence-corrected chi connectivity index (χ0v) is 15.5. The van der Waals surface area contributed by atoms with Gasteiger partial charge in [-0.3, -0.25) is 4.79 Å². The Labute approximate surface area is 167 Å². The maximum atomic E-state index is 12.6. The van der Waals surface area contributed by atoms with Crippen LogP contribution in [0.15, 0.2) is 58.5 Å². The molecule has 0 fully saturated rings. The lowest BCUT2D eigenvalue weighted by Gasteiger charge is -2.23. The Morgan fingerprint density at radius 2 is 1.76 bits per heavy atom. The summed E-state index contributed by atoms with van der Waals surface area (Å²) in [6, 6.07) is 14.1. The molecule has 0 radical (unpaired) electrons. The van der Waals surface area contributed by atoms with Crippen molar-refractivity contribution < 1.29 is 30.3 Å². The zero-order valence-electron chi connectivity index (χ0n) is 15.5. The minimum atomic E-state index is -1.73. The number of hydrogen-bond donors (Lipinski definition) is 5. The summed E-state index contributed by atoms with van der Waals surface area (Å²) in [6.45, 7) is -0.756. The maximum absolute atomic E-state index is 12.6. The van der Waals surface area contributed by atoms with Crippen molar-refractivity contribution in [2.24, 2.45) is 9.98 Å². The first-order valence-electron chi connectivity index (χ1n) is 9.08. The number of hydrogen-bond acceptors (Lipinski definition) is 8. The lowest BCUT2D eigenvalue weighted by Crippen LogP contribution is -2.46. The molecule has 152 valence electrons. The smallest absolute Gasteiger partial charge is 0.193 e. The average Bonchev–Trinajstić information content (AvgIpc) is 3.18. The van der Waals surface area contributed by atoms with Gasteiger partial charge in [-0.25, -0.2) is 9.98 Å². The molecule has 4 atom stereocenters. The minimum absolute atomic E-state index is 0.0969. The van der Waals surface area contributed by atoms with Crippen LogP contribution in [0.3, 0.4) is 0 Å². The van der Waals surface area contributed by atoms with Crippen molar-refractivity contribution in [3.05, 3.63) is 65.2 Å². The van der Waals surface area contributed by atoms with Gasteiger partial charge in [-0.05, 0) is 23.8 Å². The highest BCUT2D eigenvalue weighted by molar-refractivity contribution is 6.09. The van der Waals surface area contributed by atoms with E-state index in [1.165, 1.54) is 0 Å². The summed E-state index contributed by atoms with van der Waals surface area (Å²) in [7, 11) is 0. The second kappa shape index (κ2) is 9.17. The number of aliphatic hydroxyl groups is 5. The topological polar surface area (TPSA) is 143 Å². The van der Waals surface area contributed by atoms with Gasteiger partial charge in [-0.15, -0.1) is 0 Å². The Morgan fingerprint density at radius 1 is 1.03 bits per heavy atom. The monoisotopic (exact) mass is 398 g/mol. The van der Waals surface area contributed by atoms with Crippen molar-refractivity contribution in [2.75, 3.05) is 6.61 Å². The predicted octanol–water partition coefficient (Wildman–Crippen LogP) is 0.0104. The van der Waals surface area contributed by atoms with E-state index in [0.717, 1.165) is 11.8 Å². The molecule has 0 aliphatic carbocycles. The van der Waals surface area contributed by atoms with Crippen molar-refractivity contribution in [2.45, 2.75) is 30.8 Å². The summed E-state index contributed by atoms with van der Waals surface area (Å²) in [5.74, 6) is 0.271. The van der Waals surface area contributed by atoms with Crippen LogP contribution in [-0.4, -0.2) is 74.4 Å². The van der Waals surface area contributed by atoms with E-state index in [1.54, 1.807) is 42.5 Å². The van der Waals surface area contributed by atoms with Crippen LogP contribution in [0.1, 0.15) is 21.5 Å². The molecular weight excluding hydrogens is 376 g/mol. The van der Waals surface area contributed by atoms with Gasteiger partial charge in [-0.2, -0.15) is 0 Å². The first kappa shape index (κ1) is 21.0. The summed E-state index contributed by atoms with van der Waals surface area (Å²) >= 11 is 0. The lowest BCUT2D eigenvalue weighted by molar-refractivity contribution is -0.0999. The molecule has 1 aliphatic heterocycles. The Morgan fingerprint density at radius 3 is 2.45 bits per heavy atom. The van der Waals surface area contributed by atoms with E-state index in [4.69, 9.17) is 5.11 Å². The molecule has 0 amide bonds. The summed E-state index contributed by atoms with van der Waals surface area (Å²) < 4.78 is 0. The summed E-state index contributed by atoms with van der Waals surface area (Å²) in [5.41, 5.74) is 2.59. The lowest BCUT2D eigenvalue weighted by atomic mass is 10.00. The van der Waals surface area contributed by atoms with Gasteiger partial charge in [0.15, 0.2) is 5.78 Å². The van der Waals surface area contributed by atoms with E-state index >= 15 is 0 Å². The van der Waals surface area contributed by atoms with Gasteiger partial charge >= 0.3 is 0 Å². The first-order valence-corrected chi connectivity index (χ1v) is 9.08. The third-order valence-corrected chi connectivity index (χ3v) is 4.63. The van der Waals surface area contributed by atoms with Crippen LogP contribution >= 0.6 is 0 Å². The second-order valence-corrected chi connectivity index (χ2v) is 6.74. The summed E-state index contributed by atoms with van der Waals surface area (Å²) in [5, 5.41) is 47.4. The van der Waals surface area contributed by atoms with Gasteiger partial charge in [0.25, 0.3) is 0 Å². The van der Waals surface area contributed by atoms with E-state index in [9.17, 15) is 25.2 Å². The summed E-state index contributed by atoms with van der Waals surface area (Å²) in [4.78, 5) is 20.9. The second-order valence-electron chi connectivity index (χ2n) is 6.74. The normalized spacial score (nSPS) is 17.5. The molecule has 4 unspecified atom stereocenters. The maximum Gasteiger partial charge on any atom is 0.193 e. The minimum Gasteiger partial charge on any atom is -0.394 e. The highest BCUT2D eigenvalue weighted by Crippen LogP contribution is 2.28. The molecule has 8 nitrogen and oxygen atoms in total. The van der Waals surface area contributed by atoms with E-state index in [0.29, 0.717) is 29.1 Å². The van der Waals surface area contributed by atoms with Gasteiger partial charge in [0.2, 0.25) is 0 Å². The molecule has 3 rings (SSSR count). The van der Waals surface area contributed by atoms with Crippen molar-refractivity contribution in [3.8, 4) is 0 Å². The molecule has 0 bridgehead atoms. The molecule has 5 N–H and O–H groups in total. The zero-order chi connectivity index (χ0) is 21.0. The number of amidine groups is 1. The highest BCUT2D eigenvalue weighted by Gasteiger charge is 2.29. The van der Waals surface area contributed by atoms with Crippen LogP contribution in [0.25, 0.3) is 0 Å². The number of fused-ring (bicyclic) bond motifs is 1. The van der Waals surface area contributed by atoms with Crippen molar-refractivity contribution >= 4 is 23.5 Å². The van der Waals surface area contributed by atoms with Crippen LogP contribution in [0.2, 0.25) is 0 Å². The Bertz CT molecular complexity index is 928. The van der Waals surface area contributed by atoms with Crippen molar-refractivity contribution in [1.82, 2.24) is 0 Å². The van der Waals surface area contributed by atoms with Crippen LogP contribution in [-0.2, 0) is 6.42 Å². The highest BCUT2D eigenvalue weighted by atomic mass is 16.4. The van der Waals surface area contributed by atoms with Gasteiger partial charge in [0.1, 0.15) is 30.3 Å². The standard InChI is InChI=1S/C21H22N2O6/c24-11-17(26)21(29)20(28)16(25)10-22-18-9-14-8-13(6-7-15(14)23-18)19(27)12-4-2-1-3-5-12/h1-8,10,16-17,20-21,24-26,28-29H,9,11H2. The number of benzene rings is 2. The first-order chi connectivity index (χ1) is 13.9. The van der Waals surface area contributed by atoms with Crippen molar-refractivity contribution in [3.63, 3.8) is 0 Å². The fraction of sp³-hybridized carbons (Fsp3) is 0.286. The van der Waals surface area contributed by atoms with Crippen LogP contribution < -0.4 is 0 Å².